The Balaban J connectivity index is 1.94. The second-order valence-electron chi connectivity index (χ2n) is 7.39. The van der Waals surface area contributed by atoms with E-state index in [1.807, 2.05) is 37.3 Å². The largest absolute Gasteiger partial charge is 0.332 e. The Hall–Kier alpha value is -4.27. The van der Waals surface area contributed by atoms with Gasteiger partial charge in [0, 0.05) is 19.7 Å². The van der Waals surface area contributed by atoms with Gasteiger partial charge in [-0.25, -0.2) is 9.20 Å². The topological polar surface area (TPSA) is 96.2 Å². The van der Waals surface area contributed by atoms with Crippen molar-refractivity contribution in [3.05, 3.63) is 92.4 Å². The number of carbonyl (C=O) groups is 1. The normalized spacial score (nSPS) is 11.5. The highest BCUT2D eigenvalue weighted by atomic mass is 16.2. The predicted octanol–water partition coefficient (Wildman–Crippen LogP) is 1.61. The van der Waals surface area contributed by atoms with E-state index in [0.29, 0.717) is 11.3 Å². The van der Waals surface area contributed by atoms with E-state index >= 15 is 0 Å². The molecule has 5 aromatic rings. The van der Waals surface area contributed by atoms with Crippen LogP contribution in [-0.2, 0) is 14.1 Å². The second-order valence-corrected chi connectivity index (χ2v) is 7.39. The molecule has 9 heteroatoms. The van der Waals surface area contributed by atoms with Crippen molar-refractivity contribution >= 4 is 22.7 Å². The second kappa shape index (κ2) is 6.63. The molecule has 0 amide bonds. The van der Waals surface area contributed by atoms with E-state index in [-0.39, 0.29) is 28.5 Å². The Morgan fingerprint density at radius 2 is 1.58 bits per heavy atom. The number of carbonyl (C=O) groups excluding carboxylic acids is 1. The first-order valence-electron chi connectivity index (χ1n) is 9.62. The number of aromatic nitrogens is 6. The average molecular weight is 414 g/mol. The molecule has 0 aliphatic carbocycles. The standard InChI is InChI=1S/C22H18N6O3/c1-13-9-11-15(12-10-13)28-21-23-18-16(20(30)26(3)22(31)25(18)2)27(21)19(24-28)17(29)14-7-5-4-6-8-14/h4-12H,1-3H3. The zero-order chi connectivity index (χ0) is 21.9. The van der Waals surface area contributed by atoms with Crippen molar-refractivity contribution in [2.24, 2.45) is 14.1 Å². The molecular weight excluding hydrogens is 396 g/mol. The Morgan fingerprint density at radius 1 is 0.903 bits per heavy atom. The van der Waals surface area contributed by atoms with Crippen molar-refractivity contribution in [1.82, 2.24) is 28.3 Å². The van der Waals surface area contributed by atoms with Crippen molar-refractivity contribution in [1.29, 1.82) is 0 Å². The van der Waals surface area contributed by atoms with Crippen molar-refractivity contribution in [2.75, 3.05) is 0 Å². The third-order valence-corrected chi connectivity index (χ3v) is 5.35. The number of imidazole rings is 1. The highest BCUT2D eigenvalue weighted by Gasteiger charge is 2.26. The van der Waals surface area contributed by atoms with E-state index < -0.39 is 11.2 Å². The number of benzene rings is 2. The molecule has 0 fully saturated rings. The molecule has 0 radical (unpaired) electrons. The number of aryl methyl sites for hydroxylation is 2. The zero-order valence-corrected chi connectivity index (χ0v) is 17.1. The molecule has 154 valence electrons. The third-order valence-electron chi connectivity index (χ3n) is 5.35. The summed E-state index contributed by atoms with van der Waals surface area (Å²) in [4.78, 5) is 43.3. The van der Waals surface area contributed by atoms with Crippen LogP contribution in [0, 0.1) is 6.92 Å². The van der Waals surface area contributed by atoms with Gasteiger partial charge in [0.25, 0.3) is 5.56 Å². The number of hydrogen-bond donors (Lipinski definition) is 0. The summed E-state index contributed by atoms with van der Waals surface area (Å²) in [5.74, 6) is -0.0388. The van der Waals surface area contributed by atoms with Crippen molar-refractivity contribution < 1.29 is 4.79 Å². The molecule has 0 saturated carbocycles. The molecule has 0 bridgehead atoms. The summed E-state index contributed by atoms with van der Waals surface area (Å²) in [7, 11) is 2.94. The molecule has 31 heavy (non-hydrogen) atoms. The van der Waals surface area contributed by atoms with Crippen LogP contribution in [0.1, 0.15) is 21.7 Å². The Labute approximate surface area is 175 Å². The third kappa shape index (κ3) is 2.67. The molecule has 0 aliphatic heterocycles. The van der Waals surface area contributed by atoms with Gasteiger partial charge in [-0.05, 0) is 19.1 Å². The van der Waals surface area contributed by atoms with E-state index in [1.165, 1.54) is 20.7 Å². The monoisotopic (exact) mass is 414 g/mol. The molecule has 0 saturated heterocycles. The lowest BCUT2D eigenvalue weighted by Crippen LogP contribution is -2.37. The number of nitrogens with zero attached hydrogens (tertiary/aromatic N) is 6. The van der Waals surface area contributed by atoms with Crippen molar-refractivity contribution in [2.45, 2.75) is 6.92 Å². The van der Waals surface area contributed by atoms with E-state index in [2.05, 4.69) is 10.1 Å². The summed E-state index contributed by atoms with van der Waals surface area (Å²) in [6, 6.07) is 16.3. The molecule has 5 rings (SSSR count). The molecule has 0 atom stereocenters. The quantitative estimate of drug-likeness (QED) is 0.418. The van der Waals surface area contributed by atoms with Gasteiger partial charge in [0.1, 0.15) is 0 Å². The molecule has 0 unspecified atom stereocenters. The van der Waals surface area contributed by atoms with Crippen molar-refractivity contribution in [3.8, 4) is 5.69 Å². The van der Waals surface area contributed by atoms with Crippen LogP contribution in [0.2, 0.25) is 0 Å². The molecule has 3 aromatic heterocycles. The Kier molecular flexibility index (Phi) is 4.01. The Bertz CT molecular complexity index is 1600. The molecule has 0 aliphatic rings. The highest BCUT2D eigenvalue weighted by Crippen LogP contribution is 2.21. The number of fused-ring (bicyclic) bond motifs is 3. The SMILES string of the molecule is Cc1ccc(-n2nc(C(=O)c3ccccc3)n3c4c(=O)n(C)c(=O)n(C)c4nc23)cc1. The van der Waals surface area contributed by atoms with Gasteiger partial charge in [0.05, 0.1) is 5.69 Å². The minimum atomic E-state index is -0.545. The first kappa shape index (κ1) is 18.7. The average Bonchev–Trinajstić information content (AvgIpc) is 3.35. The molecule has 0 spiro atoms. The molecule has 2 aromatic carbocycles. The Morgan fingerprint density at radius 3 is 2.26 bits per heavy atom. The van der Waals surface area contributed by atoms with E-state index in [9.17, 15) is 14.4 Å². The van der Waals surface area contributed by atoms with Gasteiger partial charge < -0.3 is 0 Å². The summed E-state index contributed by atoms with van der Waals surface area (Å²) in [6.07, 6.45) is 0. The maximum atomic E-state index is 13.3. The summed E-state index contributed by atoms with van der Waals surface area (Å²) in [6.45, 7) is 1.97. The van der Waals surface area contributed by atoms with Crippen LogP contribution in [0.4, 0.5) is 0 Å². The summed E-state index contributed by atoms with van der Waals surface area (Å²) < 4.78 is 5.24. The molecular formula is C22H18N6O3. The molecule has 9 nitrogen and oxygen atoms in total. The lowest BCUT2D eigenvalue weighted by atomic mass is 10.1. The zero-order valence-electron chi connectivity index (χ0n) is 17.1. The fourth-order valence-corrected chi connectivity index (χ4v) is 3.64. The summed E-state index contributed by atoms with van der Waals surface area (Å²) in [5.41, 5.74) is 1.45. The van der Waals surface area contributed by atoms with Crippen LogP contribution in [0.15, 0.2) is 64.2 Å². The lowest BCUT2D eigenvalue weighted by Gasteiger charge is -2.04. The minimum Gasteiger partial charge on any atom is -0.285 e. The van der Waals surface area contributed by atoms with E-state index in [1.54, 1.807) is 31.3 Å². The van der Waals surface area contributed by atoms with Gasteiger partial charge in [-0.15, -0.1) is 5.10 Å². The number of ketones is 1. The van der Waals surface area contributed by atoms with Crippen LogP contribution < -0.4 is 11.2 Å². The lowest BCUT2D eigenvalue weighted by molar-refractivity contribution is 0.102. The minimum absolute atomic E-state index is 0.0417. The fraction of sp³-hybridized carbons (Fsp3) is 0.136. The van der Waals surface area contributed by atoms with Crippen LogP contribution in [0.3, 0.4) is 0 Å². The van der Waals surface area contributed by atoms with Gasteiger partial charge in [0.15, 0.2) is 11.2 Å². The van der Waals surface area contributed by atoms with Gasteiger partial charge >= 0.3 is 5.69 Å². The van der Waals surface area contributed by atoms with Crippen LogP contribution in [0.5, 0.6) is 0 Å². The predicted molar refractivity (Wildman–Crippen MR) is 115 cm³/mol. The maximum Gasteiger partial charge on any atom is 0.332 e. The van der Waals surface area contributed by atoms with Gasteiger partial charge in [-0.3, -0.25) is 18.7 Å². The molecule has 3 heterocycles. The van der Waals surface area contributed by atoms with Crippen LogP contribution in [0.25, 0.3) is 22.6 Å². The van der Waals surface area contributed by atoms with E-state index in [4.69, 9.17) is 0 Å². The number of hydrogen-bond acceptors (Lipinski definition) is 5. The van der Waals surface area contributed by atoms with Crippen LogP contribution >= 0.6 is 0 Å². The molecule has 0 N–H and O–H groups in total. The first-order chi connectivity index (χ1) is 14.9. The summed E-state index contributed by atoms with van der Waals surface area (Å²) >= 11 is 0. The summed E-state index contributed by atoms with van der Waals surface area (Å²) in [5, 5.41) is 4.53. The van der Waals surface area contributed by atoms with Gasteiger partial charge in [-0.2, -0.15) is 9.67 Å². The smallest absolute Gasteiger partial charge is 0.285 e. The fourth-order valence-electron chi connectivity index (χ4n) is 3.64. The van der Waals surface area contributed by atoms with Gasteiger partial charge in [0.2, 0.25) is 17.4 Å². The van der Waals surface area contributed by atoms with E-state index in [0.717, 1.165) is 10.1 Å². The van der Waals surface area contributed by atoms with Crippen molar-refractivity contribution in [3.63, 3.8) is 0 Å². The van der Waals surface area contributed by atoms with Gasteiger partial charge in [-0.1, -0.05) is 48.0 Å². The first-order valence-corrected chi connectivity index (χ1v) is 9.62. The highest BCUT2D eigenvalue weighted by molar-refractivity contribution is 6.07. The maximum absolute atomic E-state index is 13.3. The number of rotatable bonds is 3. The van der Waals surface area contributed by atoms with Crippen LogP contribution in [-0.4, -0.2) is 34.1 Å².